The van der Waals surface area contributed by atoms with E-state index in [1.165, 1.54) is 0 Å². The summed E-state index contributed by atoms with van der Waals surface area (Å²) in [6.07, 6.45) is 1.84. The Bertz CT molecular complexity index is 189. The van der Waals surface area contributed by atoms with Gasteiger partial charge < -0.3 is 0 Å². The van der Waals surface area contributed by atoms with Gasteiger partial charge in [0, 0.05) is 13.2 Å². The van der Waals surface area contributed by atoms with Crippen LogP contribution in [0.1, 0.15) is 5.69 Å². The second-order valence-corrected chi connectivity index (χ2v) is 1.79. The van der Waals surface area contributed by atoms with E-state index in [1.54, 1.807) is 4.68 Å². The highest BCUT2D eigenvalue weighted by Crippen LogP contribution is 1.93. The van der Waals surface area contributed by atoms with Crippen LogP contribution in [-0.2, 0) is 18.5 Å². The van der Waals surface area contributed by atoms with Crippen LogP contribution in [0.15, 0.2) is 12.3 Å². The standard InChI is InChI=1S/C5H9N3O.ClH/c1-8-3-2-5(7-8)4-9-6;/h2-3H,4,6H2,1H3;1H. The zero-order valence-electron chi connectivity index (χ0n) is 5.65. The summed E-state index contributed by atoms with van der Waals surface area (Å²) in [4.78, 5) is 4.37. The van der Waals surface area contributed by atoms with Crippen molar-refractivity contribution < 1.29 is 4.84 Å². The SMILES string of the molecule is Cl.Cn1ccc(CON)n1. The number of aryl methyl sites for hydroxylation is 1. The summed E-state index contributed by atoms with van der Waals surface area (Å²) in [6.45, 7) is 0.376. The third-order valence-corrected chi connectivity index (χ3v) is 1.00. The number of nitrogens with zero attached hydrogens (tertiary/aromatic N) is 2. The predicted molar refractivity (Wildman–Crippen MR) is 39.4 cm³/mol. The van der Waals surface area contributed by atoms with Crippen LogP contribution in [0.2, 0.25) is 0 Å². The first kappa shape index (κ1) is 9.42. The molecule has 0 saturated heterocycles. The molecule has 5 heteroatoms. The number of halogens is 1. The highest BCUT2D eigenvalue weighted by Gasteiger charge is 1.92. The van der Waals surface area contributed by atoms with Gasteiger partial charge in [-0.1, -0.05) is 0 Å². The van der Waals surface area contributed by atoms with Gasteiger partial charge in [0.1, 0.15) is 6.61 Å². The lowest BCUT2D eigenvalue weighted by Gasteiger charge is -1.89. The molecular weight excluding hydrogens is 154 g/mol. The molecule has 1 aromatic heterocycles. The van der Waals surface area contributed by atoms with E-state index in [0.717, 1.165) is 5.69 Å². The Labute approximate surface area is 65.3 Å². The maximum Gasteiger partial charge on any atom is 0.112 e. The molecule has 0 aliphatic heterocycles. The van der Waals surface area contributed by atoms with Crippen LogP contribution in [0.4, 0.5) is 0 Å². The van der Waals surface area contributed by atoms with E-state index in [-0.39, 0.29) is 12.4 Å². The summed E-state index contributed by atoms with van der Waals surface area (Å²) in [6, 6.07) is 1.85. The Balaban J connectivity index is 0.000000810. The maximum absolute atomic E-state index is 4.82. The van der Waals surface area contributed by atoms with Gasteiger partial charge in [-0.05, 0) is 6.07 Å². The van der Waals surface area contributed by atoms with Crippen LogP contribution < -0.4 is 5.90 Å². The van der Waals surface area contributed by atoms with Gasteiger partial charge >= 0.3 is 0 Å². The fraction of sp³-hybridized carbons (Fsp3) is 0.400. The van der Waals surface area contributed by atoms with Gasteiger partial charge in [-0.3, -0.25) is 9.52 Å². The second kappa shape index (κ2) is 4.27. The molecule has 0 unspecified atom stereocenters. The molecule has 10 heavy (non-hydrogen) atoms. The lowest BCUT2D eigenvalue weighted by atomic mass is 10.5. The van der Waals surface area contributed by atoms with Crippen molar-refractivity contribution in [3.8, 4) is 0 Å². The quantitative estimate of drug-likeness (QED) is 0.636. The fourth-order valence-corrected chi connectivity index (χ4v) is 0.626. The van der Waals surface area contributed by atoms with Crippen molar-refractivity contribution >= 4 is 12.4 Å². The van der Waals surface area contributed by atoms with Crippen molar-refractivity contribution in [2.24, 2.45) is 12.9 Å². The number of hydrogen-bond donors (Lipinski definition) is 1. The Morgan fingerprint density at radius 3 is 2.90 bits per heavy atom. The summed E-state index contributed by atoms with van der Waals surface area (Å²) >= 11 is 0. The van der Waals surface area contributed by atoms with Crippen LogP contribution in [-0.4, -0.2) is 9.78 Å². The minimum absolute atomic E-state index is 0. The summed E-state index contributed by atoms with van der Waals surface area (Å²) in [5.41, 5.74) is 0.847. The third kappa shape index (κ3) is 2.34. The predicted octanol–water partition coefficient (Wildman–Crippen LogP) is 0.232. The summed E-state index contributed by atoms with van der Waals surface area (Å²) in [5.74, 6) is 4.82. The van der Waals surface area contributed by atoms with E-state index >= 15 is 0 Å². The van der Waals surface area contributed by atoms with Gasteiger partial charge in [-0.25, -0.2) is 5.90 Å². The molecule has 0 fully saturated rings. The van der Waals surface area contributed by atoms with Crippen LogP contribution in [0.5, 0.6) is 0 Å². The van der Waals surface area contributed by atoms with E-state index in [9.17, 15) is 0 Å². The lowest BCUT2D eigenvalue weighted by Crippen LogP contribution is -2.00. The number of rotatable bonds is 2. The maximum atomic E-state index is 4.82. The molecule has 0 spiro atoms. The molecule has 0 aromatic carbocycles. The first-order valence-electron chi connectivity index (χ1n) is 2.63. The van der Waals surface area contributed by atoms with Gasteiger partial charge in [-0.2, -0.15) is 5.10 Å². The Morgan fingerprint density at radius 1 is 1.80 bits per heavy atom. The molecule has 0 bridgehead atoms. The van der Waals surface area contributed by atoms with Gasteiger partial charge in [0.2, 0.25) is 0 Å². The molecule has 1 heterocycles. The average Bonchev–Trinajstić information content (AvgIpc) is 2.17. The van der Waals surface area contributed by atoms with Crippen LogP contribution >= 0.6 is 12.4 Å². The van der Waals surface area contributed by atoms with E-state index in [1.807, 2.05) is 19.3 Å². The summed E-state index contributed by atoms with van der Waals surface area (Å²) in [7, 11) is 1.85. The molecule has 0 aliphatic carbocycles. The largest absolute Gasteiger partial charge is 0.298 e. The minimum Gasteiger partial charge on any atom is -0.298 e. The van der Waals surface area contributed by atoms with E-state index in [0.29, 0.717) is 6.61 Å². The Hall–Kier alpha value is -0.580. The van der Waals surface area contributed by atoms with Gasteiger partial charge in [-0.15, -0.1) is 12.4 Å². The molecule has 0 aliphatic rings. The van der Waals surface area contributed by atoms with E-state index < -0.39 is 0 Å². The van der Waals surface area contributed by atoms with Gasteiger partial charge in [0.15, 0.2) is 0 Å². The minimum atomic E-state index is 0. The van der Waals surface area contributed by atoms with Gasteiger partial charge in [0.25, 0.3) is 0 Å². The van der Waals surface area contributed by atoms with Crippen molar-refractivity contribution in [1.29, 1.82) is 0 Å². The molecule has 58 valence electrons. The zero-order chi connectivity index (χ0) is 6.69. The van der Waals surface area contributed by atoms with Crippen molar-refractivity contribution in [3.05, 3.63) is 18.0 Å². The monoisotopic (exact) mass is 163 g/mol. The van der Waals surface area contributed by atoms with E-state index in [2.05, 4.69) is 9.94 Å². The normalized spacial score (nSPS) is 9.00. The average molecular weight is 164 g/mol. The molecule has 0 saturated carbocycles. The molecule has 1 rings (SSSR count). The fourth-order valence-electron chi connectivity index (χ4n) is 0.626. The van der Waals surface area contributed by atoms with Crippen molar-refractivity contribution in [2.45, 2.75) is 6.61 Å². The van der Waals surface area contributed by atoms with E-state index in [4.69, 9.17) is 5.90 Å². The van der Waals surface area contributed by atoms with Crippen LogP contribution in [0.25, 0.3) is 0 Å². The Kier molecular flexibility index (Phi) is 4.02. The molecule has 1 aromatic rings. The van der Waals surface area contributed by atoms with Crippen molar-refractivity contribution in [3.63, 3.8) is 0 Å². The lowest BCUT2D eigenvalue weighted by molar-refractivity contribution is 0.121. The highest BCUT2D eigenvalue weighted by atomic mass is 35.5. The summed E-state index contributed by atoms with van der Waals surface area (Å²) in [5, 5.41) is 4.01. The molecule has 0 amide bonds. The van der Waals surface area contributed by atoms with Crippen LogP contribution in [0.3, 0.4) is 0 Å². The highest BCUT2D eigenvalue weighted by molar-refractivity contribution is 5.85. The summed E-state index contributed by atoms with van der Waals surface area (Å²) < 4.78 is 1.70. The molecule has 0 atom stereocenters. The molecule has 0 radical (unpaired) electrons. The molecule has 4 nitrogen and oxygen atoms in total. The Morgan fingerprint density at radius 2 is 2.50 bits per heavy atom. The first-order chi connectivity index (χ1) is 4.33. The molecular formula is C5H10ClN3O. The first-order valence-corrected chi connectivity index (χ1v) is 2.63. The van der Waals surface area contributed by atoms with Crippen LogP contribution in [0, 0.1) is 0 Å². The third-order valence-electron chi connectivity index (χ3n) is 1.00. The number of aromatic nitrogens is 2. The smallest absolute Gasteiger partial charge is 0.112 e. The topological polar surface area (TPSA) is 53.1 Å². The zero-order valence-corrected chi connectivity index (χ0v) is 6.47. The van der Waals surface area contributed by atoms with Crippen molar-refractivity contribution in [1.82, 2.24) is 9.78 Å². The number of hydrogen-bond acceptors (Lipinski definition) is 3. The number of nitrogens with two attached hydrogens (primary N) is 1. The van der Waals surface area contributed by atoms with Crippen molar-refractivity contribution in [2.75, 3.05) is 0 Å². The molecule has 2 N–H and O–H groups in total. The second-order valence-electron chi connectivity index (χ2n) is 1.79. The van der Waals surface area contributed by atoms with Gasteiger partial charge in [0.05, 0.1) is 5.69 Å².